The molecule has 0 saturated carbocycles. The summed E-state index contributed by atoms with van der Waals surface area (Å²) in [5, 5.41) is 19.0. The van der Waals surface area contributed by atoms with Crippen molar-refractivity contribution in [2.45, 2.75) is 111 Å². The van der Waals surface area contributed by atoms with Gasteiger partial charge in [-0.2, -0.15) is 0 Å². The molecule has 4 aromatic rings. The summed E-state index contributed by atoms with van der Waals surface area (Å²) in [4.78, 5) is 153. The lowest BCUT2D eigenvalue weighted by atomic mass is 10.0. The molecule has 4 aliphatic heterocycles. The van der Waals surface area contributed by atoms with Crippen molar-refractivity contribution in [3.05, 3.63) is 138 Å². The van der Waals surface area contributed by atoms with Crippen LogP contribution in [0.3, 0.4) is 0 Å². The van der Waals surface area contributed by atoms with Crippen LogP contribution in [0, 0.1) is 7.43 Å². The molecule has 0 radical (unpaired) electrons. The Bertz CT molecular complexity index is 3250. The van der Waals surface area contributed by atoms with Crippen LogP contribution in [0.4, 0.5) is 21.0 Å². The number of fused-ring (bicyclic) bond motifs is 2. The lowest BCUT2D eigenvalue weighted by Crippen LogP contribution is -2.52. The largest absolute Gasteiger partial charge is 0.480 e. The average Bonchev–Trinajstić information content (AvgIpc) is 1.70. The number of rotatable bonds is 26. The molecule has 2 unspecified atom stereocenters. The van der Waals surface area contributed by atoms with E-state index < -0.39 is 53.6 Å². The van der Waals surface area contributed by atoms with Crippen LogP contribution in [0.1, 0.15) is 110 Å². The molecule has 0 aromatic heterocycles. The third kappa shape index (κ3) is 21.9. The summed E-state index contributed by atoms with van der Waals surface area (Å²) in [5.41, 5.74) is 3.85. The van der Waals surface area contributed by atoms with Crippen molar-refractivity contribution in [1.29, 1.82) is 0 Å². The summed E-state index contributed by atoms with van der Waals surface area (Å²) in [6, 6.07) is 27.0. The van der Waals surface area contributed by atoms with E-state index in [0.717, 1.165) is 11.1 Å². The number of carbonyl (C=O) groups is 12. The van der Waals surface area contributed by atoms with Crippen LogP contribution in [0.15, 0.2) is 97.1 Å². The normalized spacial score (nSPS) is 15.7. The minimum atomic E-state index is -1.07. The van der Waals surface area contributed by atoms with Crippen molar-refractivity contribution in [3.8, 4) is 0 Å². The van der Waals surface area contributed by atoms with Gasteiger partial charge in [-0.05, 0) is 69.0 Å². The second-order valence-corrected chi connectivity index (χ2v) is 26.6. The number of anilines is 2. The maximum absolute atomic E-state index is 13.0. The summed E-state index contributed by atoms with van der Waals surface area (Å²) < 4.78 is 16.0. The first-order valence-corrected chi connectivity index (χ1v) is 33.1. The van der Waals surface area contributed by atoms with Gasteiger partial charge >= 0.3 is 24.1 Å². The first-order chi connectivity index (χ1) is 42.1. The zero-order valence-electron chi connectivity index (χ0n) is 49.6. The molecule has 4 aromatic carbocycles. The highest BCUT2D eigenvalue weighted by Gasteiger charge is 2.42. The van der Waals surface area contributed by atoms with Gasteiger partial charge in [-0.25, -0.2) is 9.59 Å². The molecule has 10 amide bonds. The van der Waals surface area contributed by atoms with Gasteiger partial charge < -0.3 is 46.3 Å². The molecule has 4 aliphatic rings. The van der Waals surface area contributed by atoms with Crippen molar-refractivity contribution < 1.29 is 76.9 Å². The van der Waals surface area contributed by atoms with Gasteiger partial charge in [-0.15, -0.1) is 0 Å². The van der Waals surface area contributed by atoms with Gasteiger partial charge in [0.25, 0.3) is 11.8 Å². The summed E-state index contributed by atoms with van der Waals surface area (Å²) in [6.07, 6.45) is -0.181. The SMILES string of the molecule is C.CC(C)(C)OC(=O)CN(Cc1ccccc1)C(=O)CCSSCCOC(=O)Nc1cccc2c1CN(C1CCC(=O)NC1=O)C2=O.O=C(O)CN(Cc1ccccc1)C(=O)CCSSCCOC(=O)Nc1cccc2c1CN(C1CCC(=O)NC1=O)C2=O.[CH3-]. The van der Waals surface area contributed by atoms with Crippen molar-refractivity contribution in [1.82, 2.24) is 30.2 Å². The van der Waals surface area contributed by atoms with Gasteiger partial charge in [-0.3, -0.25) is 69.2 Å². The molecule has 0 aliphatic carbocycles. The van der Waals surface area contributed by atoms with Gasteiger partial charge in [0.05, 0.1) is 0 Å². The molecule has 2 atom stereocenters. The molecule has 484 valence electrons. The number of hydrogen-bond donors (Lipinski definition) is 5. The molecule has 2 saturated heterocycles. The molecule has 4 heterocycles. The first-order valence-electron chi connectivity index (χ1n) is 28.1. The van der Waals surface area contributed by atoms with Gasteiger partial charge in [0, 0.05) is 109 Å². The van der Waals surface area contributed by atoms with E-state index in [9.17, 15) is 57.5 Å². The van der Waals surface area contributed by atoms with Gasteiger partial charge in [-0.1, -0.05) is 123 Å². The molecule has 5 N–H and O–H groups in total. The first kappa shape index (κ1) is 72.7. The number of aliphatic carboxylic acids is 1. The summed E-state index contributed by atoms with van der Waals surface area (Å²) in [7, 11) is 5.76. The van der Waals surface area contributed by atoms with Crippen molar-refractivity contribution in [2.75, 3.05) is 59.9 Å². The van der Waals surface area contributed by atoms with Crippen LogP contribution in [-0.2, 0) is 78.7 Å². The van der Waals surface area contributed by atoms with Crippen LogP contribution >= 0.6 is 43.2 Å². The average molecular weight is 1320 g/mol. The molecule has 0 bridgehead atoms. The van der Waals surface area contributed by atoms with Crippen molar-refractivity contribution >= 4 is 126 Å². The Balaban J connectivity index is 0.000000321. The van der Waals surface area contributed by atoms with Crippen molar-refractivity contribution in [2.24, 2.45) is 0 Å². The maximum atomic E-state index is 13.0. The van der Waals surface area contributed by atoms with E-state index in [4.69, 9.17) is 19.3 Å². The van der Waals surface area contributed by atoms with E-state index in [1.807, 2.05) is 60.7 Å². The molecule has 8 rings (SSSR count). The Morgan fingerprint density at radius 3 is 1.37 bits per heavy atom. The minimum Gasteiger partial charge on any atom is -0.480 e. The van der Waals surface area contributed by atoms with Gasteiger partial charge in [0.2, 0.25) is 35.4 Å². The molecule has 2 fully saturated rings. The second kappa shape index (κ2) is 35.3. The Labute approximate surface area is 538 Å². The highest BCUT2D eigenvalue weighted by Crippen LogP contribution is 2.34. The van der Waals surface area contributed by atoms with Crippen molar-refractivity contribution in [3.63, 3.8) is 0 Å². The number of imide groups is 2. The topological polar surface area (TPSA) is 314 Å². The quantitative estimate of drug-likeness (QED) is 0.00989. The van der Waals surface area contributed by atoms with Crippen LogP contribution < -0.4 is 21.3 Å². The van der Waals surface area contributed by atoms with E-state index in [1.54, 1.807) is 57.2 Å². The minimum absolute atomic E-state index is 0. The number of carboxylic acids is 1. The number of nitrogens with zero attached hydrogens (tertiary/aromatic N) is 4. The number of piperidine rings is 2. The number of benzene rings is 4. The number of esters is 1. The highest BCUT2D eigenvalue weighted by molar-refractivity contribution is 8.77. The monoisotopic (exact) mass is 1320 g/mol. The predicted octanol–water partition coefficient (Wildman–Crippen LogP) is 8.11. The summed E-state index contributed by atoms with van der Waals surface area (Å²) >= 11 is 0. The van der Waals surface area contributed by atoms with Crippen LogP contribution in [0.2, 0.25) is 0 Å². The number of nitrogens with one attached hydrogen (secondary N) is 4. The fraction of sp³-hybridized carbons (Fsp3) is 0.403. The molecular weight excluding hydrogens is 1240 g/mol. The van der Waals surface area contributed by atoms with E-state index in [0.29, 0.717) is 63.2 Å². The Kier molecular flexibility index (Phi) is 28.5. The Hall–Kier alpha value is -8.08. The number of hydrogen-bond acceptors (Lipinski definition) is 19. The lowest BCUT2D eigenvalue weighted by Gasteiger charge is -2.29. The maximum Gasteiger partial charge on any atom is 0.411 e. The molecule has 0 spiro atoms. The fourth-order valence-electron chi connectivity index (χ4n) is 9.61. The Morgan fingerprint density at radius 1 is 0.578 bits per heavy atom. The van der Waals surface area contributed by atoms with E-state index >= 15 is 0 Å². The lowest BCUT2D eigenvalue weighted by molar-refractivity contribution is -0.159. The third-order valence-electron chi connectivity index (χ3n) is 13.6. The van der Waals surface area contributed by atoms with Gasteiger partial charge in [0.1, 0.15) is 44.0 Å². The number of ether oxygens (including phenoxy) is 3. The number of carbonyl (C=O) groups excluding carboxylic acids is 11. The number of carboxylic acid groups (broad SMARTS) is 1. The fourth-order valence-corrected chi connectivity index (χ4v) is 13.2. The number of amides is 10. The third-order valence-corrected chi connectivity index (χ3v) is 18.3. The van der Waals surface area contributed by atoms with Crippen LogP contribution in [0.25, 0.3) is 0 Å². The van der Waals surface area contributed by atoms with Crippen LogP contribution in [-0.4, -0.2) is 163 Å². The standard InChI is InChI=1S/C32H38N4O8S2.C28H30N4O8S2.CH4.CH3/c1-32(2,3)44-28(39)20-35(18-21-8-5-4-6-9-21)27(38)14-16-45-46-17-15-43-31(42)33-24-11-7-10-22-23(24)19-36(30(22)41)25-12-13-26(37)34-29(25)40;33-23-10-9-22(26(37)30-23)32-16-20-19(27(32)38)7-4-8-21(20)29-28(39)40-12-14-42-41-13-11-24(34)31(17-25(35)36)15-18-5-2-1-3-6-18;;/h4-11,25H,12-20H2,1-3H3,(H,33,42)(H,34,37,40);1-8,22H,9-17H2,(H,29,39)(H,35,36)(H,30,33,37);1H4;1H3/q;;;-1. The van der Waals surface area contributed by atoms with Gasteiger partial charge in [0.15, 0.2) is 0 Å². The highest BCUT2D eigenvalue weighted by atomic mass is 33.1. The smallest absolute Gasteiger partial charge is 0.411 e. The summed E-state index contributed by atoms with van der Waals surface area (Å²) in [5.74, 6) is -2.45. The Morgan fingerprint density at radius 2 is 0.978 bits per heavy atom. The van der Waals surface area contributed by atoms with E-state index in [-0.39, 0.29) is 135 Å². The molecular formula is C62H75N8O16S4-. The summed E-state index contributed by atoms with van der Waals surface area (Å²) in [6.45, 7) is 5.83. The zero-order chi connectivity index (χ0) is 63.3. The van der Waals surface area contributed by atoms with E-state index in [2.05, 4.69) is 21.3 Å². The zero-order valence-corrected chi connectivity index (χ0v) is 52.9. The second-order valence-electron chi connectivity index (χ2n) is 21.2. The molecule has 24 nitrogen and oxygen atoms in total. The molecule has 90 heavy (non-hydrogen) atoms. The van der Waals surface area contributed by atoms with Crippen LogP contribution in [0.5, 0.6) is 0 Å². The molecule has 28 heteroatoms. The predicted molar refractivity (Wildman–Crippen MR) is 344 cm³/mol. The van der Waals surface area contributed by atoms with E-state index in [1.165, 1.54) is 62.8 Å².